The van der Waals surface area contributed by atoms with Crippen LogP contribution in [0.25, 0.3) is 11.5 Å². The van der Waals surface area contributed by atoms with Gasteiger partial charge in [0.1, 0.15) is 17.8 Å². The van der Waals surface area contributed by atoms with Gasteiger partial charge in [0.2, 0.25) is 0 Å². The second kappa shape index (κ2) is 5.47. The Bertz CT molecular complexity index is 742. The lowest BCUT2D eigenvalue weighted by atomic mass is 10.1. The van der Waals surface area contributed by atoms with Gasteiger partial charge < -0.3 is 0 Å². The molecule has 0 saturated carbocycles. The maximum Gasteiger partial charge on any atom is 0.179 e. The number of aromatic nitrogens is 5. The molecule has 0 amide bonds. The van der Waals surface area contributed by atoms with Gasteiger partial charge in [-0.3, -0.25) is 5.10 Å². The van der Waals surface area contributed by atoms with Crippen LogP contribution >= 0.6 is 0 Å². The van der Waals surface area contributed by atoms with E-state index in [1.807, 2.05) is 6.92 Å². The van der Waals surface area contributed by atoms with E-state index in [0.717, 1.165) is 28.9 Å². The normalized spacial score (nSPS) is 11.0. The Morgan fingerprint density at radius 3 is 2.67 bits per heavy atom. The Kier molecular flexibility index (Phi) is 3.51. The van der Waals surface area contributed by atoms with Crippen LogP contribution in [0.15, 0.2) is 30.6 Å². The fourth-order valence-corrected chi connectivity index (χ4v) is 2.32. The molecule has 3 rings (SSSR count). The molecule has 0 saturated heterocycles. The highest BCUT2D eigenvalue weighted by molar-refractivity contribution is 5.55. The van der Waals surface area contributed by atoms with Gasteiger partial charge >= 0.3 is 0 Å². The zero-order valence-corrected chi connectivity index (χ0v) is 12.0. The molecule has 2 heterocycles. The summed E-state index contributed by atoms with van der Waals surface area (Å²) in [6.07, 6.45) is 2.41. The molecule has 0 atom stereocenters. The minimum Gasteiger partial charge on any atom is -0.282 e. The molecule has 0 bridgehead atoms. The number of H-pyrrole nitrogens is 1. The fourth-order valence-electron chi connectivity index (χ4n) is 2.32. The van der Waals surface area contributed by atoms with Crippen LogP contribution < -0.4 is 0 Å². The maximum atomic E-state index is 13.0. The molecule has 2 aromatic heterocycles. The second-order valence-electron chi connectivity index (χ2n) is 4.90. The summed E-state index contributed by atoms with van der Waals surface area (Å²) in [6, 6.07) is 6.38. The van der Waals surface area contributed by atoms with Crippen molar-refractivity contribution in [3.05, 3.63) is 53.2 Å². The van der Waals surface area contributed by atoms with Crippen LogP contribution in [-0.4, -0.2) is 25.0 Å². The van der Waals surface area contributed by atoms with Gasteiger partial charge in [0.15, 0.2) is 5.82 Å². The number of rotatable bonds is 4. The zero-order chi connectivity index (χ0) is 14.8. The van der Waals surface area contributed by atoms with E-state index in [-0.39, 0.29) is 5.82 Å². The molecule has 0 aliphatic carbocycles. The highest BCUT2D eigenvalue weighted by Crippen LogP contribution is 2.21. The van der Waals surface area contributed by atoms with Crippen LogP contribution in [0.4, 0.5) is 4.39 Å². The smallest absolute Gasteiger partial charge is 0.179 e. The first-order chi connectivity index (χ1) is 10.2. The van der Waals surface area contributed by atoms with Crippen molar-refractivity contribution >= 4 is 0 Å². The maximum absolute atomic E-state index is 13.0. The molecule has 1 aromatic carbocycles. The van der Waals surface area contributed by atoms with Crippen molar-refractivity contribution in [1.29, 1.82) is 0 Å². The van der Waals surface area contributed by atoms with Crippen molar-refractivity contribution in [3.8, 4) is 11.5 Å². The van der Waals surface area contributed by atoms with Gasteiger partial charge in [0.05, 0.1) is 6.54 Å². The fraction of sp³-hybridized carbons (Fsp3) is 0.267. The van der Waals surface area contributed by atoms with Crippen LogP contribution in [0, 0.1) is 12.7 Å². The van der Waals surface area contributed by atoms with Gasteiger partial charge in [-0.2, -0.15) is 10.2 Å². The molecule has 0 spiro atoms. The van der Waals surface area contributed by atoms with Crippen molar-refractivity contribution in [1.82, 2.24) is 25.0 Å². The topological polar surface area (TPSA) is 59.4 Å². The van der Waals surface area contributed by atoms with Crippen molar-refractivity contribution in [3.63, 3.8) is 0 Å². The van der Waals surface area contributed by atoms with Crippen LogP contribution in [0.1, 0.15) is 23.7 Å². The molecular weight excluding hydrogens is 269 g/mol. The molecule has 0 unspecified atom stereocenters. The van der Waals surface area contributed by atoms with E-state index in [9.17, 15) is 4.39 Å². The number of nitrogens with zero attached hydrogens (tertiary/aromatic N) is 4. The van der Waals surface area contributed by atoms with Crippen LogP contribution in [0.2, 0.25) is 0 Å². The molecule has 0 aliphatic rings. The van der Waals surface area contributed by atoms with E-state index < -0.39 is 0 Å². The van der Waals surface area contributed by atoms with Crippen molar-refractivity contribution < 1.29 is 4.39 Å². The Balaban J connectivity index is 1.93. The highest BCUT2D eigenvalue weighted by Gasteiger charge is 2.15. The predicted molar refractivity (Wildman–Crippen MR) is 77.2 cm³/mol. The molecule has 0 radical (unpaired) electrons. The van der Waals surface area contributed by atoms with E-state index >= 15 is 0 Å². The Morgan fingerprint density at radius 1 is 1.24 bits per heavy atom. The summed E-state index contributed by atoms with van der Waals surface area (Å²) in [5.41, 5.74) is 3.96. The summed E-state index contributed by atoms with van der Waals surface area (Å²) in [6.45, 7) is 4.63. The molecule has 6 heteroatoms. The standard InChI is InChI=1S/C15H16FN5/c1-3-13-10(2)14(20-19-13)15-17-9-18-21(15)8-11-4-6-12(16)7-5-11/h4-7,9H,3,8H2,1-2H3,(H,19,20). The van der Waals surface area contributed by atoms with Gasteiger partial charge in [0, 0.05) is 11.3 Å². The first-order valence-corrected chi connectivity index (χ1v) is 6.85. The minimum atomic E-state index is -0.242. The Morgan fingerprint density at radius 2 is 2.00 bits per heavy atom. The second-order valence-corrected chi connectivity index (χ2v) is 4.90. The largest absolute Gasteiger partial charge is 0.282 e. The van der Waals surface area contributed by atoms with Crippen LogP contribution in [-0.2, 0) is 13.0 Å². The molecule has 21 heavy (non-hydrogen) atoms. The van der Waals surface area contributed by atoms with Gasteiger partial charge in [-0.25, -0.2) is 14.1 Å². The summed E-state index contributed by atoms with van der Waals surface area (Å²) >= 11 is 0. The van der Waals surface area contributed by atoms with Crippen LogP contribution in [0.5, 0.6) is 0 Å². The number of aryl methyl sites for hydroxylation is 1. The molecular formula is C15H16FN5. The predicted octanol–water partition coefficient (Wildman–Crippen LogP) is 2.73. The van der Waals surface area contributed by atoms with E-state index in [0.29, 0.717) is 12.4 Å². The molecule has 108 valence electrons. The molecule has 0 fully saturated rings. The first kappa shape index (κ1) is 13.5. The number of benzene rings is 1. The van der Waals surface area contributed by atoms with Crippen molar-refractivity contribution in [2.45, 2.75) is 26.8 Å². The number of hydrogen-bond acceptors (Lipinski definition) is 3. The summed E-state index contributed by atoms with van der Waals surface area (Å²) in [5, 5.41) is 11.6. The van der Waals surface area contributed by atoms with Gasteiger partial charge in [0.25, 0.3) is 0 Å². The molecule has 5 nitrogen and oxygen atoms in total. The van der Waals surface area contributed by atoms with Crippen molar-refractivity contribution in [2.75, 3.05) is 0 Å². The zero-order valence-electron chi connectivity index (χ0n) is 12.0. The molecule has 1 N–H and O–H groups in total. The first-order valence-electron chi connectivity index (χ1n) is 6.85. The summed E-state index contributed by atoms with van der Waals surface area (Å²) in [4.78, 5) is 4.30. The third-order valence-corrected chi connectivity index (χ3v) is 3.54. The van der Waals surface area contributed by atoms with E-state index in [1.54, 1.807) is 16.8 Å². The van der Waals surface area contributed by atoms with E-state index in [1.165, 1.54) is 18.5 Å². The average Bonchev–Trinajstić information content (AvgIpc) is 3.07. The van der Waals surface area contributed by atoms with Gasteiger partial charge in [-0.1, -0.05) is 19.1 Å². The summed E-state index contributed by atoms with van der Waals surface area (Å²) in [5.74, 6) is 0.473. The van der Waals surface area contributed by atoms with Crippen molar-refractivity contribution in [2.24, 2.45) is 0 Å². The third kappa shape index (κ3) is 2.56. The van der Waals surface area contributed by atoms with Gasteiger partial charge in [-0.05, 0) is 31.0 Å². The van der Waals surface area contributed by atoms with E-state index in [4.69, 9.17) is 0 Å². The number of hydrogen-bond donors (Lipinski definition) is 1. The molecule has 3 aromatic rings. The molecule has 0 aliphatic heterocycles. The van der Waals surface area contributed by atoms with E-state index in [2.05, 4.69) is 27.2 Å². The monoisotopic (exact) mass is 285 g/mol. The Hall–Kier alpha value is -2.50. The summed E-state index contributed by atoms with van der Waals surface area (Å²) < 4.78 is 14.7. The SMILES string of the molecule is CCc1[nH]nc(-c2ncnn2Cc2ccc(F)cc2)c1C. The average molecular weight is 285 g/mol. The number of halogens is 1. The minimum absolute atomic E-state index is 0.242. The Labute approximate surface area is 121 Å². The summed E-state index contributed by atoms with van der Waals surface area (Å²) in [7, 11) is 0. The van der Waals surface area contributed by atoms with Crippen LogP contribution in [0.3, 0.4) is 0 Å². The van der Waals surface area contributed by atoms with Gasteiger partial charge in [-0.15, -0.1) is 0 Å². The lowest BCUT2D eigenvalue weighted by molar-refractivity contribution is 0.624. The highest BCUT2D eigenvalue weighted by atomic mass is 19.1. The lowest BCUT2D eigenvalue weighted by Gasteiger charge is -2.05. The number of nitrogens with one attached hydrogen (secondary N) is 1. The third-order valence-electron chi connectivity index (χ3n) is 3.54. The number of aromatic amines is 1. The quantitative estimate of drug-likeness (QED) is 0.801. The lowest BCUT2D eigenvalue weighted by Crippen LogP contribution is -2.05.